The summed E-state index contributed by atoms with van der Waals surface area (Å²) in [6.45, 7) is 4.30. The standard InChI is InChI=1S/C29H32N2O6S/c1-5-36-27-15-22-23-14-20(37-38(33,34)21-10-6-18(2)7-11-21)9-12-25(23)30-29(24(22)16-26(27)35-4)19-8-13-28(32)31(3)17-19/h6-8,10-11,13,15-17,20,23,25H,5,9,12,14H2,1-4H3. The van der Waals surface area contributed by atoms with Crippen molar-refractivity contribution in [3.63, 3.8) is 0 Å². The van der Waals surface area contributed by atoms with Gasteiger partial charge in [0, 0.05) is 36.4 Å². The molecule has 2 heterocycles. The summed E-state index contributed by atoms with van der Waals surface area (Å²) in [6, 6.07) is 13.9. The Bertz CT molecular complexity index is 1540. The summed E-state index contributed by atoms with van der Waals surface area (Å²) in [7, 11) is -0.581. The summed E-state index contributed by atoms with van der Waals surface area (Å²) in [6.07, 6.45) is 3.06. The van der Waals surface area contributed by atoms with Gasteiger partial charge in [-0.1, -0.05) is 17.7 Å². The summed E-state index contributed by atoms with van der Waals surface area (Å²) in [4.78, 5) is 17.3. The predicted octanol–water partition coefficient (Wildman–Crippen LogP) is 4.36. The molecular weight excluding hydrogens is 504 g/mol. The number of nitrogens with zero attached hydrogens (tertiary/aromatic N) is 2. The van der Waals surface area contributed by atoms with Crippen molar-refractivity contribution in [2.75, 3.05) is 13.7 Å². The molecule has 38 heavy (non-hydrogen) atoms. The van der Waals surface area contributed by atoms with E-state index in [1.54, 1.807) is 50.7 Å². The maximum absolute atomic E-state index is 13.0. The van der Waals surface area contributed by atoms with Gasteiger partial charge >= 0.3 is 0 Å². The Morgan fingerprint density at radius 3 is 2.50 bits per heavy atom. The van der Waals surface area contributed by atoms with Crippen molar-refractivity contribution in [3.05, 3.63) is 87.3 Å². The maximum atomic E-state index is 13.0. The second-order valence-electron chi connectivity index (χ2n) is 9.84. The van der Waals surface area contributed by atoms with Crippen LogP contribution in [0.1, 0.15) is 54.4 Å². The number of aromatic nitrogens is 1. The fourth-order valence-corrected chi connectivity index (χ4v) is 6.46. The highest BCUT2D eigenvalue weighted by Crippen LogP contribution is 2.45. The molecule has 200 valence electrons. The normalized spacial score (nSPS) is 20.7. The van der Waals surface area contributed by atoms with E-state index in [-0.39, 0.29) is 22.4 Å². The molecule has 3 atom stereocenters. The van der Waals surface area contributed by atoms with E-state index >= 15 is 0 Å². The summed E-state index contributed by atoms with van der Waals surface area (Å²) in [5.74, 6) is 1.16. The molecule has 8 nitrogen and oxygen atoms in total. The maximum Gasteiger partial charge on any atom is 0.297 e. The van der Waals surface area contributed by atoms with E-state index in [4.69, 9.17) is 18.6 Å². The lowest BCUT2D eigenvalue weighted by molar-refractivity contribution is 0.140. The first-order chi connectivity index (χ1) is 18.2. The molecule has 1 aromatic heterocycles. The van der Waals surface area contributed by atoms with Gasteiger partial charge in [-0.25, -0.2) is 0 Å². The van der Waals surface area contributed by atoms with Crippen molar-refractivity contribution in [2.45, 2.75) is 56.1 Å². The Hall–Kier alpha value is -3.43. The Balaban J connectivity index is 1.53. The third-order valence-corrected chi connectivity index (χ3v) is 8.66. The second kappa shape index (κ2) is 10.4. The topological polar surface area (TPSA) is 96.2 Å². The average molecular weight is 537 g/mol. The Morgan fingerprint density at radius 1 is 1.05 bits per heavy atom. The van der Waals surface area contributed by atoms with Crippen molar-refractivity contribution in [1.29, 1.82) is 0 Å². The molecule has 0 N–H and O–H groups in total. The summed E-state index contributed by atoms with van der Waals surface area (Å²) in [5, 5.41) is 0. The average Bonchev–Trinajstić information content (AvgIpc) is 2.90. The minimum atomic E-state index is -3.89. The van der Waals surface area contributed by atoms with E-state index in [2.05, 4.69) is 0 Å². The zero-order valence-electron chi connectivity index (χ0n) is 22.0. The molecule has 9 heteroatoms. The third-order valence-electron chi connectivity index (χ3n) is 7.28. The largest absolute Gasteiger partial charge is 0.493 e. The quantitative estimate of drug-likeness (QED) is 0.417. The Morgan fingerprint density at radius 2 is 1.82 bits per heavy atom. The van der Waals surface area contributed by atoms with Crippen LogP contribution >= 0.6 is 0 Å². The van der Waals surface area contributed by atoms with Crippen LogP contribution in [-0.2, 0) is 21.3 Å². The molecule has 0 radical (unpaired) electrons. The molecule has 2 aliphatic rings. The molecule has 2 aromatic carbocycles. The lowest BCUT2D eigenvalue weighted by Crippen LogP contribution is -2.36. The Kier molecular flexibility index (Phi) is 7.15. The number of fused-ring (bicyclic) bond motifs is 3. The highest BCUT2D eigenvalue weighted by Gasteiger charge is 2.39. The lowest BCUT2D eigenvalue weighted by atomic mass is 9.74. The van der Waals surface area contributed by atoms with E-state index in [0.29, 0.717) is 37.4 Å². The van der Waals surface area contributed by atoms with E-state index in [1.165, 1.54) is 10.6 Å². The van der Waals surface area contributed by atoms with Gasteiger partial charge in [0.1, 0.15) is 0 Å². The number of hydrogen-bond acceptors (Lipinski definition) is 7. The van der Waals surface area contributed by atoms with Gasteiger partial charge in [-0.2, -0.15) is 8.42 Å². The van der Waals surface area contributed by atoms with Gasteiger partial charge in [0.25, 0.3) is 10.1 Å². The van der Waals surface area contributed by atoms with Crippen LogP contribution in [0.2, 0.25) is 0 Å². The van der Waals surface area contributed by atoms with Crippen molar-refractivity contribution in [1.82, 2.24) is 4.57 Å². The molecule has 1 aliphatic carbocycles. The second-order valence-corrected chi connectivity index (χ2v) is 11.4. The molecule has 1 aliphatic heterocycles. The van der Waals surface area contributed by atoms with Crippen LogP contribution in [0.15, 0.2) is 69.4 Å². The van der Waals surface area contributed by atoms with Crippen molar-refractivity contribution < 1.29 is 22.1 Å². The van der Waals surface area contributed by atoms with Gasteiger partial charge in [-0.05, 0) is 69.0 Å². The molecule has 1 saturated carbocycles. The molecular formula is C29H32N2O6S. The minimum Gasteiger partial charge on any atom is -0.493 e. The van der Waals surface area contributed by atoms with Crippen molar-refractivity contribution >= 4 is 15.8 Å². The number of ether oxygens (including phenoxy) is 2. The minimum absolute atomic E-state index is 0.0560. The van der Waals surface area contributed by atoms with Gasteiger partial charge in [-0.3, -0.25) is 14.0 Å². The van der Waals surface area contributed by atoms with Gasteiger partial charge in [0.05, 0.1) is 36.5 Å². The molecule has 3 aromatic rings. The van der Waals surface area contributed by atoms with E-state index < -0.39 is 16.2 Å². The first-order valence-corrected chi connectivity index (χ1v) is 14.2. The number of hydrogen-bond donors (Lipinski definition) is 0. The Labute approximate surface area is 223 Å². The number of rotatable bonds is 7. The number of pyridine rings is 1. The molecule has 0 amide bonds. The SMILES string of the molecule is CCOc1cc2c(cc1OC)C(c1ccc(=O)n(C)c1)=NC1CCC(OS(=O)(=O)c3ccc(C)cc3)CC21. The first kappa shape index (κ1) is 26.2. The summed E-state index contributed by atoms with van der Waals surface area (Å²) in [5.41, 5.74) is 4.39. The molecule has 1 fully saturated rings. The smallest absolute Gasteiger partial charge is 0.297 e. The van der Waals surface area contributed by atoms with Gasteiger partial charge in [-0.15, -0.1) is 0 Å². The van der Waals surface area contributed by atoms with Crippen LogP contribution in [-0.4, -0.2) is 44.6 Å². The zero-order chi connectivity index (χ0) is 27.0. The van der Waals surface area contributed by atoms with Crippen LogP contribution in [0, 0.1) is 6.92 Å². The van der Waals surface area contributed by atoms with Crippen LogP contribution in [0.3, 0.4) is 0 Å². The van der Waals surface area contributed by atoms with Gasteiger partial charge in [0.2, 0.25) is 5.56 Å². The highest BCUT2D eigenvalue weighted by atomic mass is 32.2. The highest BCUT2D eigenvalue weighted by molar-refractivity contribution is 7.86. The first-order valence-electron chi connectivity index (χ1n) is 12.8. The third kappa shape index (κ3) is 5.00. The van der Waals surface area contributed by atoms with Gasteiger partial charge < -0.3 is 14.0 Å². The zero-order valence-corrected chi connectivity index (χ0v) is 22.8. The van der Waals surface area contributed by atoms with Gasteiger partial charge in [0.15, 0.2) is 11.5 Å². The molecule has 0 bridgehead atoms. The molecule has 0 spiro atoms. The lowest BCUT2D eigenvalue weighted by Gasteiger charge is -2.38. The monoisotopic (exact) mass is 536 g/mol. The fraction of sp³-hybridized carbons (Fsp3) is 0.379. The van der Waals surface area contributed by atoms with Crippen LogP contribution < -0.4 is 15.0 Å². The van der Waals surface area contributed by atoms with Crippen LogP contribution in [0.4, 0.5) is 0 Å². The molecule has 3 unspecified atom stereocenters. The molecule has 0 saturated heterocycles. The molecule has 5 rings (SSSR count). The van der Waals surface area contributed by atoms with Crippen LogP contribution in [0.5, 0.6) is 11.5 Å². The van der Waals surface area contributed by atoms with E-state index in [1.807, 2.05) is 26.0 Å². The van der Waals surface area contributed by atoms with E-state index in [0.717, 1.165) is 28.0 Å². The number of aliphatic imine (C=N–C) groups is 1. The van der Waals surface area contributed by atoms with Crippen molar-refractivity contribution in [3.8, 4) is 11.5 Å². The predicted molar refractivity (Wildman–Crippen MR) is 145 cm³/mol. The number of aryl methyl sites for hydroxylation is 2. The van der Waals surface area contributed by atoms with Crippen molar-refractivity contribution in [2.24, 2.45) is 12.0 Å². The summed E-state index contributed by atoms with van der Waals surface area (Å²) >= 11 is 0. The fourth-order valence-electron chi connectivity index (χ4n) is 5.35. The van der Waals surface area contributed by atoms with Crippen LogP contribution in [0.25, 0.3) is 0 Å². The number of methoxy groups -OCH3 is 1. The number of benzene rings is 2. The summed E-state index contributed by atoms with van der Waals surface area (Å²) < 4.78 is 44.9. The van der Waals surface area contributed by atoms with E-state index in [9.17, 15) is 13.2 Å².